The van der Waals surface area contributed by atoms with E-state index in [4.69, 9.17) is 20.8 Å². The van der Waals surface area contributed by atoms with Crippen molar-refractivity contribution < 1.29 is 27.2 Å². The summed E-state index contributed by atoms with van der Waals surface area (Å²) in [4.78, 5) is 26.2. The highest BCUT2D eigenvalue weighted by molar-refractivity contribution is 7.90. The van der Waals surface area contributed by atoms with Crippen molar-refractivity contribution in [2.75, 3.05) is 12.9 Å². The fourth-order valence-electron chi connectivity index (χ4n) is 3.20. The normalized spacial score (nSPS) is 16.1. The van der Waals surface area contributed by atoms with Crippen LogP contribution < -0.4 is 0 Å². The predicted octanol–water partition coefficient (Wildman–Crippen LogP) is 3.93. The number of nitrogens with zero attached hydrogens (tertiary/aromatic N) is 2. The van der Waals surface area contributed by atoms with Crippen molar-refractivity contribution in [3.05, 3.63) is 75.3 Å². The van der Waals surface area contributed by atoms with Crippen molar-refractivity contribution in [3.8, 4) is 0 Å². The average Bonchev–Trinajstić information content (AvgIpc) is 3.51. The summed E-state index contributed by atoms with van der Waals surface area (Å²) in [5.41, 5.74) is 0.583. The summed E-state index contributed by atoms with van der Waals surface area (Å²) in [6, 6.07) is 10.5. The third kappa shape index (κ3) is 4.62. The summed E-state index contributed by atoms with van der Waals surface area (Å²) in [7, 11) is -3.55. The van der Waals surface area contributed by atoms with E-state index >= 15 is 0 Å². The standard InChI is InChI=1S/C21H17ClN2O6S2/c1-32(27,28)13-6-7-15(22)14(10-13)21(26)30-12-20(25)24-17(18-4-2-8-29-18)11-16(23-24)19-5-3-9-31-19/h2-10,17H,11-12H2,1H3. The minimum absolute atomic E-state index is 0.0162. The van der Waals surface area contributed by atoms with Crippen LogP contribution in [-0.2, 0) is 19.4 Å². The van der Waals surface area contributed by atoms with Crippen LogP contribution in [0.2, 0.25) is 5.02 Å². The lowest BCUT2D eigenvalue weighted by atomic mass is 10.1. The van der Waals surface area contributed by atoms with Gasteiger partial charge in [-0.25, -0.2) is 18.2 Å². The number of ether oxygens (including phenoxy) is 1. The van der Waals surface area contributed by atoms with Crippen molar-refractivity contribution in [2.24, 2.45) is 5.10 Å². The Labute approximate surface area is 193 Å². The lowest BCUT2D eigenvalue weighted by molar-refractivity contribution is -0.136. The molecular weight excluding hydrogens is 476 g/mol. The van der Waals surface area contributed by atoms with E-state index in [1.54, 1.807) is 12.1 Å². The van der Waals surface area contributed by atoms with Crippen LogP contribution >= 0.6 is 22.9 Å². The Morgan fingerprint density at radius 1 is 1.28 bits per heavy atom. The van der Waals surface area contributed by atoms with Gasteiger partial charge in [-0.3, -0.25) is 4.79 Å². The second-order valence-corrected chi connectivity index (χ2v) is 10.4. The van der Waals surface area contributed by atoms with Crippen molar-refractivity contribution in [2.45, 2.75) is 17.4 Å². The minimum atomic E-state index is -3.55. The number of hydrogen-bond acceptors (Lipinski definition) is 8. The summed E-state index contributed by atoms with van der Waals surface area (Å²) < 4.78 is 34.1. The Balaban J connectivity index is 1.52. The Morgan fingerprint density at radius 3 is 2.75 bits per heavy atom. The largest absolute Gasteiger partial charge is 0.467 e. The van der Waals surface area contributed by atoms with Gasteiger partial charge in [0.15, 0.2) is 16.4 Å². The van der Waals surface area contributed by atoms with Crippen molar-refractivity contribution >= 4 is 50.4 Å². The molecule has 1 amide bonds. The third-order valence-corrected chi connectivity index (χ3v) is 7.11. The number of hydrogen-bond donors (Lipinski definition) is 0. The second kappa shape index (κ2) is 8.89. The number of halogens is 1. The number of carbonyl (C=O) groups is 2. The molecule has 4 rings (SSSR count). The molecule has 1 aromatic carbocycles. The summed E-state index contributed by atoms with van der Waals surface area (Å²) in [6.45, 7) is -0.601. The second-order valence-electron chi connectivity index (χ2n) is 6.99. The van der Waals surface area contributed by atoms with E-state index in [-0.39, 0.29) is 15.5 Å². The van der Waals surface area contributed by atoms with Gasteiger partial charge >= 0.3 is 5.97 Å². The first-order valence-electron chi connectivity index (χ1n) is 9.37. The van der Waals surface area contributed by atoms with E-state index in [9.17, 15) is 18.0 Å². The molecule has 1 atom stereocenters. The topological polar surface area (TPSA) is 106 Å². The quantitative estimate of drug-likeness (QED) is 0.482. The maximum atomic E-state index is 12.9. The number of thiophene rings is 1. The Bertz CT molecular complexity index is 1280. The molecule has 0 saturated carbocycles. The van der Waals surface area contributed by atoms with E-state index in [0.29, 0.717) is 12.2 Å². The number of rotatable bonds is 6. The maximum absolute atomic E-state index is 12.9. The molecule has 1 unspecified atom stereocenters. The van der Waals surface area contributed by atoms with Crippen molar-refractivity contribution in [1.82, 2.24) is 5.01 Å². The Kier molecular flexibility index (Phi) is 6.18. The summed E-state index contributed by atoms with van der Waals surface area (Å²) in [5.74, 6) is -0.907. The molecule has 11 heteroatoms. The van der Waals surface area contributed by atoms with E-state index in [2.05, 4.69) is 5.10 Å². The molecule has 3 aromatic rings. The molecule has 0 spiro atoms. The molecule has 8 nitrogen and oxygen atoms in total. The molecule has 0 N–H and O–H groups in total. The van der Waals surface area contributed by atoms with E-state index < -0.39 is 34.4 Å². The fourth-order valence-corrected chi connectivity index (χ4v) is 4.76. The zero-order valence-electron chi connectivity index (χ0n) is 16.7. The van der Waals surface area contributed by atoms with Crippen LogP contribution in [0.3, 0.4) is 0 Å². The summed E-state index contributed by atoms with van der Waals surface area (Å²) >= 11 is 7.53. The smallest absolute Gasteiger partial charge is 0.340 e. The van der Waals surface area contributed by atoms with Crippen LogP contribution in [0.5, 0.6) is 0 Å². The van der Waals surface area contributed by atoms with Gasteiger partial charge in [-0.1, -0.05) is 17.7 Å². The first-order chi connectivity index (χ1) is 15.2. The summed E-state index contributed by atoms with van der Waals surface area (Å²) in [6.07, 6.45) is 2.98. The fraction of sp³-hybridized carbons (Fsp3) is 0.190. The Morgan fingerprint density at radius 2 is 2.09 bits per heavy atom. The zero-order valence-corrected chi connectivity index (χ0v) is 19.1. The maximum Gasteiger partial charge on any atom is 0.340 e. The first-order valence-corrected chi connectivity index (χ1v) is 12.5. The number of benzene rings is 1. The highest BCUT2D eigenvalue weighted by Crippen LogP contribution is 2.34. The number of esters is 1. The molecule has 0 radical (unpaired) electrons. The van der Waals surface area contributed by atoms with E-state index in [1.807, 2.05) is 17.5 Å². The molecule has 0 bridgehead atoms. The molecule has 166 valence electrons. The van der Waals surface area contributed by atoms with Crippen LogP contribution in [0, 0.1) is 0 Å². The van der Waals surface area contributed by atoms with Gasteiger partial charge in [-0.15, -0.1) is 11.3 Å². The van der Waals surface area contributed by atoms with Gasteiger partial charge in [-0.05, 0) is 41.8 Å². The van der Waals surface area contributed by atoms with Gasteiger partial charge in [0.1, 0.15) is 11.8 Å². The molecule has 1 aliphatic rings. The number of carbonyl (C=O) groups excluding carboxylic acids is 2. The third-order valence-electron chi connectivity index (χ3n) is 4.76. The SMILES string of the molecule is CS(=O)(=O)c1ccc(Cl)c(C(=O)OCC(=O)N2N=C(c3cccs3)CC2c2ccco2)c1. The summed E-state index contributed by atoms with van der Waals surface area (Å²) in [5, 5.41) is 7.62. The molecule has 1 aliphatic heterocycles. The monoisotopic (exact) mass is 492 g/mol. The van der Waals surface area contributed by atoms with E-state index in [0.717, 1.165) is 22.9 Å². The number of hydrazone groups is 1. The van der Waals surface area contributed by atoms with Gasteiger partial charge in [0.2, 0.25) is 0 Å². The lowest BCUT2D eigenvalue weighted by Crippen LogP contribution is -2.31. The predicted molar refractivity (Wildman–Crippen MR) is 119 cm³/mol. The molecular formula is C21H17ClN2O6S2. The number of furan rings is 1. The van der Waals surface area contributed by atoms with Crippen LogP contribution in [0.4, 0.5) is 0 Å². The van der Waals surface area contributed by atoms with Crippen LogP contribution in [-0.4, -0.2) is 43.9 Å². The molecule has 2 aromatic heterocycles. The van der Waals surface area contributed by atoms with Gasteiger partial charge < -0.3 is 9.15 Å². The number of sulfone groups is 1. The zero-order chi connectivity index (χ0) is 22.9. The first kappa shape index (κ1) is 22.3. The van der Waals surface area contributed by atoms with Crippen molar-refractivity contribution in [1.29, 1.82) is 0 Å². The van der Waals surface area contributed by atoms with E-state index in [1.165, 1.54) is 34.7 Å². The molecule has 0 aliphatic carbocycles. The lowest BCUT2D eigenvalue weighted by Gasteiger charge is -2.19. The average molecular weight is 493 g/mol. The Hall–Kier alpha value is -2.95. The highest BCUT2D eigenvalue weighted by atomic mass is 35.5. The van der Waals surface area contributed by atoms with Gasteiger partial charge in [0.05, 0.1) is 32.3 Å². The van der Waals surface area contributed by atoms with Crippen LogP contribution in [0.1, 0.15) is 33.5 Å². The van der Waals surface area contributed by atoms with Crippen LogP contribution in [0.25, 0.3) is 0 Å². The van der Waals surface area contributed by atoms with Gasteiger partial charge in [0.25, 0.3) is 5.91 Å². The highest BCUT2D eigenvalue weighted by Gasteiger charge is 2.35. The molecule has 0 saturated heterocycles. The van der Waals surface area contributed by atoms with Gasteiger partial charge in [-0.2, -0.15) is 5.10 Å². The minimum Gasteiger partial charge on any atom is -0.467 e. The van der Waals surface area contributed by atoms with Crippen molar-refractivity contribution in [3.63, 3.8) is 0 Å². The van der Waals surface area contributed by atoms with Crippen LogP contribution in [0.15, 0.2) is 68.5 Å². The molecule has 3 heterocycles. The molecule has 0 fully saturated rings. The molecule has 32 heavy (non-hydrogen) atoms. The number of amides is 1. The van der Waals surface area contributed by atoms with Gasteiger partial charge in [0, 0.05) is 12.7 Å².